The maximum absolute atomic E-state index is 11.0. The number of hydrogen-bond acceptors (Lipinski definition) is 2. The molecule has 1 aliphatic heterocycles. The lowest BCUT2D eigenvalue weighted by molar-refractivity contribution is -0.694. The summed E-state index contributed by atoms with van der Waals surface area (Å²) < 4.78 is 22.0. The standard InChI is InChI=1S/C6H13NO2S/c1-6(7-2)3-4-10(8,9)5-6/h7H,3-5H2,1-2H3/p+1. The summed E-state index contributed by atoms with van der Waals surface area (Å²) in [7, 11) is -0.766. The Labute approximate surface area is 61.7 Å². The average molecular weight is 164 g/mol. The van der Waals surface area contributed by atoms with E-state index >= 15 is 0 Å². The van der Waals surface area contributed by atoms with Gasteiger partial charge in [0.1, 0.15) is 11.3 Å². The van der Waals surface area contributed by atoms with Gasteiger partial charge in [-0.05, 0) is 6.92 Å². The Kier molecular flexibility index (Phi) is 1.76. The van der Waals surface area contributed by atoms with Gasteiger partial charge in [-0.15, -0.1) is 0 Å². The van der Waals surface area contributed by atoms with E-state index in [0.717, 1.165) is 6.42 Å². The monoisotopic (exact) mass is 164 g/mol. The van der Waals surface area contributed by atoms with E-state index in [1.54, 1.807) is 0 Å². The van der Waals surface area contributed by atoms with Crippen molar-refractivity contribution in [3.8, 4) is 0 Å². The highest BCUT2D eigenvalue weighted by atomic mass is 32.2. The van der Waals surface area contributed by atoms with Crippen LogP contribution in [0, 0.1) is 0 Å². The van der Waals surface area contributed by atoms with Crippen LogP contribution in [0.4, 0.5) is 0 Å². The molecule has 0 amide bonds. The van der Waals surface area contributed by atoms with Gasteiger partial charge >= 0.3 is 0 Å². The van der Waals surface area contributed by atoms with E-state index < -0.39 is 9.84 Å². The minimum absolute atomic E-state index is 0.0428. The van der Waals surface area contributed by atoms with Gasteiger partial charge in [-0.3, -0.25) is 0 Å². The van der Waals surface area contributed by atoms with Crippen LogP contribution in [0.2, 0.25) is 0 Å². The molecule has 1 saturated heterocycles. The first-order valence-corrected chi connectivity index (χ1v) is 5.31. The molecule has 0 saturated carbocycles. The number of rotatable bonds is 1. The second-order valence-corrected chi connectivity index (χ2v) is 5.47. The zero-order valence-corrected chi connectivity index (χ0v) is 7.24. The van der Waals surface area contributed by atoms with E-state index in [4.69, 9.17) is 0 Å². The number of sulfone groups is 1. The van der Waals surface area contributed by atoms with Crippen molar-refractivity contribution in [2.75, 3.05) is 18.6 Å². The zero-order chi connectivity index (χ0) is 7.83. The molecule has 60 valence electrons. The predicted molar refractivity (Wildman–Crippen MR) is 39.5 cm³/mol. The predicted octanol–water partition coefficient (Wildman–Crippen LogP) is -1.24. The molecule has 1 heterocycles. The largest absolute Gasteiger partial charge is 0.343 e. The molecule has 2 N–H and O–H groups in total. The highest BCUT2D eigenvalue weighted by molar-refractivity contribution is 7.91. The molecule has 1 aliphatic rings. The van der Waals surface area contributed by atoms with Gasteiger partial charge in [0.15, 0.2) is 9.84 Å². The smallest absolute Gasteiger partial charge is 0.156 e. The first-order valence-electron chi connectivity index (χ1n) is 3.48. The van der Waals surface area contributed by atoms with Crippen LogP contribution in [-0.4, -0.2) is 32.5 Å². The molecule has 1 atom stereocenters. The molecule has 1 rings (SSSR count). The molecule has 0 aromatic heterocycles. The summed E-state index contributed by atoms with van der Waals surface area (Å²) in [5, 5.41) is 2.00. The van der Waals surface area contributed by atoms with Crippen LogP contribution in [0.15, 0.2) is 0 Å². The van der Waals surface area contributed by atoms with Crippen LogP contribution < -0.4 is 5.32 Å². The van der Waals surface area contributed by atoms with Gasteiger partial charge in [0.05, 0.1) is 12.8 Å². The summed E-state index contributed by atoms with van der Waals surface area (Å²) in [4.78, 5) is 0. The molecule has 1 fully saturated rings. The van der Waals surface area contributed by atoms with Gasteiger partial charge in [-0.2, -0.15) is 0 Å². The number of hydrogen-bond donors (Lipinski definition) is 1. The van der Waals surface area contributed by atoms with Crippen molar-refractivity contribution >= 4 is 9.84 Å². The second-order valence-electron chi connectivity index (χ2n) is 3.28. The Hall–Kier alpha value is -0.0900. The molecule has 1 unspecified atom stereocenters. The lowest BCUT2D eigenvalue weighted by Crippen LogP contribution is -2.93. The number of nitrogens with two attached hydrogens (primary N) is 1. The Balaban J connectivity index is 2.76. The fourth-order valence-electron chi connectivity index (χ4n) is 1.26. The second kappa shape index (κ2) is 2.20. The molecule has 3 nitrogen and oxygen atoms in total. The topological polar surface area (TPSA) is 50.8 Å². The van der Waals surface area contributed by atoms with Crippen LogP contribution >= 0.6 is 0 Å². The molecule has 10 heavy (non-hydrogen) atoms. The summed E-state index contributed by atoms with van der Waals surface area (Å²) in [6.45, 7) is 2.00. The summed E-state index contributed by atoms with van der Waals surface area (Å²) in [5.41, 5.74) is -0.0428. The normalized spacial score (nSPS) is 38.2. The van der Waals surface area contributed by atoms with Crippen molar-refractivity contribution in [3.05, 3.63) is 0 Å². The van der Waals surface area contributed by atoms with Crippen LogP contribution in [0.25, 0.3) is 0 Å². The third-order valence-corrected chi connectivity index (χ3v) is 4.16. The van der Waals surface area contributed by atoms with Crippen molar-refractivity contribution in [2.24, 2.45) is 0 Å². The van der Waals surface area contributed by atoms with Gasteiger partial charge < -0.3 is 5.32 Å². The first kappa shape index (κ1) is 8.01. The van der Waals surface area contributed by atoms with Crippen molar-refractivity contribution in [1.82, 2.24) is 0 Å². The molecule has 0 aliphatic carbocycles. The minimum Gasteiger partial charge on any atom is -0.343 e. The Morgan fingerprint density at radius 2 is 2.10 bits per heavy atom. The average Bonchev–Trinajstić information content (AvgIpc) is 2.08. The summed E-state index contributed by atoms with van der Waals surface area (Å²) in [5.74, 6) is 0.713. The molecule has 0 aromatic carbocycles. The SMILES string of the molecule is C[NH2+]C1(C)CCS(=O)(=O)C1. The van der Waals surface area contributed by atoms with Gasteiger partial charge in [-0.1, -0.05) is 0 Å². The van der Waals surface area contributed by atoms with E-state index in [0.29, 0.717) is 11.5 Å². The summed E-state index contributed by atoms with van der Waals surface area (Å²) >= 11 is 0. The maximum Gasteiger partial charge on any atom is 0.156 e. The summed E-state index contributed by atoms with van der Waals surface area (Å²) in [6, 6.07) is 0. The van der Waals surface area contributed by atoms with Crippen molar-refractivity contribution in [1.29, 1.82) is 0 Å². The fourth-order valence-corrected chi connectivity index (χ4v) is 3.50. The lowest BCUT2D eigenvalue weighted by atomic mass is 10.0. The molecular weight excluding hydrogens is 150 g/mol. The number of quaternary nitrogens is 1. The minimum atomic E-state index is -2.70. The highest BCUT2D eigenvalue weighted by Crippen LogP contribution is 2.18. The van der Waals surface area contributed by atoms with Gasteiger partial charge in [0, 0.05) is 6.42 Å². The zero-order valence-electron chi connectivity index (χ0n) is 6.42. The molecule has 0 spiro atoms. The van der Waals surface area contributed by atoms with Crippen LogP contribution in [0.3, 0.4) is 0 Å². The van der Waals surface area contributed by atoms with Gasteiger partial charge in [0.25, 0.3) is 0 Å². The van der Waals surface area contributed by atoms with E-state index in [-0.39, 0.29) is 5.54 Å². The van der Waals surface area contributed by atoms with Gasteiger partial charge in [-0.25, -0.2) is 8.42 Å². The van der Waals surface area contributed by atoms with E-state index in [2.05, 4.69) is 0 Å². The van der Waals surface area contributed by atoms with Crippen LogP contribution in [-0.2, 0) is 9.84 Å². The van der Waals surface area contributed by atoms with Crippen LogP contribution in [0.1, 0.15) is 13.3 Å². The Morgan fingerprint density at radius 3 is 2.30 bits per heavy atom. The molecule has 0 radical (unpaired) electrons. The van der Waals surface area contributed by atoms with Crippen molar-refractivity contribution < 1.29 is 13.7 Å². The third kappa shape index (κ3) is 1.49. The molecular formula is C6H14NO2S+. The quantitative estimate of drug-likeness (QED) is 0.527. The van der Waals surface area contributed by atoms with Crippen molar-refractivity contribution in [2.45, 2.75) is 18.9 Å². The Bertz CT molecular complexity index is 222. The van der Waals surface area contributed by atoms with E-state index in [1.807, 2.05) is 19.3 Å². The first-order chi connectivity index (χ1) is 4.47. The lowest BCUT2D eigenvalue weighted by Gasteiger charge is -2.15. The molecule has 0 bridgehead atoms. The fraction of sp³-hybridized carbons (Fsp3) is 1.00. The van der Waals surface area contributed by atoms with E-state index in [1.165, 1.54) is 0 Å². The van der Waals surface area contributed by atoms with E-state index in [9.17, 15) is 8.42 Å². The third-order valence-electron chi connectivity index (χ3n) is 2.23. The summed E-state index contributed by atoms with van der Waals surface area (Å²) in [6.07, 6.45) is 0.797. The maximum atomic E-state index is 11.0. The highest BCUT2D eigenvalue weighted by Gasteiger charge is 2.40. The van der Waals surface area contributed by atoms with Crippen molar-refractivity contribution in [3.63, 3.8) is 0 Å². The van der Waals surface area contributed by atoms with Crippen LogP contribution in [0.5, 0.6) is 0 Å². The van der Waals surface area contributed by atoms with Gasteiger partial charge in [0.2, 0.25) is 0 Å². The molecule has 0 aromatic rings. The Morgan fingerprint density at radius 1 is 1.50 bits per heavy atom. The molecule has 4 heteroatoms.